The lowest BCUT2D eigenvalue weighted by Gasteiger charge is -2.34. The summed E-state index contributed by atoms with van der Waals surface area (Å²) in [5.74, 6) is -5.61. The summed E-state index contributed by atoms with van der Waals surface area (Å²) in [5, 5.41) is 9.81. The minimum atomic E-state index is -1.26. The molecule has 75 heavy (non-hydrogen) atoms. The number of hydrogen-bond acceptors (Lipinski definition) is 9. The molecule has 4 fully saturated rings. The van der Waals surface area contributed by atoms with Crippen molar-refractivity contribution >= 4 is 52.1 Å². The lowest BCUT2D eigenvalue weighted by molar-refractivity contribution is -0.135. The minimum absolute atomic E-state index is 0.0229. The van der Waals surface area contributed by atoms with Crippen molar-refractivity contribution in [1.82, 2.24) is 30.2 Å². The van der Waals surface area contributed by atoms with E-state index in [1.165, 1.54) is 21.7 Å². The third-order valence-corrected chi connectivity index (χ3v) is 16.3. The molecule has 0 bridgehead atoms. The standard InChI is InChI=1S/C55H58ClF5N8O6/c1-30-43-41(27-39(59)47(56)46(43)45-36(51(62)71)12-13-40(48(45)60)74-25-19-57)75-55(30,34-6-4-3-5-7-34)18-20-63-35-10-8-33(9-11-35)53(72)68-23-14-31(29-68)28-67-21-15-32(16-22-67)44-38(58)26-37-50(49(44)61)66(2)65-52(37)69-24-17-42(70)64-54(69)73/h3-7,12-13,18,20,26-27,30-33,35,63H,8-11,14-17,19,21-25,28-29H2,1-2H3,(H2,62,71)(H,64,70,73)/b20-18-/t30-,31?,33?,35?,55-/m0/s1. The SMILES string of the molecule is C[C@H]1c2c(cc(F)c(Cl)c2-c2c(C(N)=O)ccc(OCCF)c2F)O[C@]1(/C=C\NC1CCC(C(=O)N2CCC(CN3CCC(c4c(F)cc5c(N6CCC(=O)NC6=O)nn(C)c5c4F)CC3)C2)CC1)c1ccccc1. The number of alkyl halides is 1. The van der Waals surface area contributed by atoms with E-state index in [9.17, 15) is 23.6 Å². The first-order chi connectivity index (χ1) is 36.1. The number of anilines is 1. The van der Waals surface area contributed by atoms with Crippen LogP contribution in [0.2, 0.25) is 5.02 Å². The number of imide groups is 1. The number of ether oxygens (including phenoxy) is 2. The average Bonchev–Trinajstić information content (AvgIpc) is 4.10. The van der Waals surface area contributed by atoms with Crippen molar-refractivity contribution in [2.45, 2.75) is 81.8 Å². The van der Waals surface area contributed by atoms with Crippen molar-refractivity contribution in [1.29, 1.82) is 0 Å². The fraction of sp³-hybridized carbons (Fsp3) is 0.436. The Morgan fingerprint density at radius 2 is 1.68 bits per heavy atom. The highest BCUT2D eigenvalue weighted by Gasteiger charge is 2.49. The number of urea groups is 1. The molecular formula is C55H58ClF5N8O6. The number of aryl methyl sites for hydroxylation is 1. The molecule has 1 unspecified atom stereocenters. The van der Waals surface area contributed by atoms with Gasteiger partial charge in [0.25, 0.3) is 0 Å². The molecule has 4 N–H and O–H groups in total. The van der Waals surface area contributed by atoms with Crippen LogP contribution in [-0.2, 0) is 22.2 Å². The molecule has 4 aromatic carbocycles. The number of amides is 5. The van der Waals surface area contributed by atoms with Crippen LogP contribution in [-0.4, -0.2) is 102 Å². The molecule has 5 aromatic rings. The minimum Gasteiger partial charge on any atom is -0.488 e. The van der Waals surface area contributed by atoms with Gasteiger partial charge in [0.05, 0.1) is 16.0 Å². The largest absolute Gasteiger partial charge is 0.488 e. The summed E-state index contributed by atoms with van der Waals surface area (Å²) >= 11 is 6.67. The number of nitrogens with one attached hydrogen (secondary N) is 2. The third-order valence-electron chi connectivity index (χ3n) is 16.0. The van der Waals surface area contributed by atoms with E-state index in [2.05, 4.69) is 20.6 Å². The smallest absolute Gasteiger partial charge is 0.329 e. The van der Waals surface area contributed by atoms with Gasteiger partial charge in [-0.15, -0.1) is 0 Å². The van der Waals surface area contributed by atoms with Crippen LogP contribution in [0.1, 0.15) is 97.2 Å². The first-order valence-corrected chi connectivity index (χ1v) is 25.9. The molecule has 14 nitrogen and oxygen atoms in total. The van der Waals surface area contributed by atoms with Crippen molar-refractivity contribution in [2.24, 2.45) is 24.6 Å². The molecule has 10 rings (SSSR count). The molecule has 5 amide bonds. The van der Waals surface area contributed by atoms with Crippen LogP contribution in [0.3, 0.4) is 0 Å². The molecular weight excluding hydrogens is 999 g/mol. The third kappa shape index (κ3) is 9.66. The van der Waals surface area contributed by atoms with Crippen LogP contribution in [0.25, 0.3) is 22.0 Å². The Hall–Kier alpha value is -6.73. The molecule has 5 aliphatic rings. The maximum atomic E-state index is 16.4. The van der Waals surface area contributed by atoms with E-state index in [1.54, 1.807) is 13.2 Å². The lowest BCUT2D eigenvalue weighted by atomic mass is 9.77. The summed E-state index contributed by atoms with van der Waals surface area (Å²) in [6.07, 6.45) is 8.54. The van der Waals surface area contributed by atoms with Gasteiger partial charge in [0.1, 0.15) is 36.2 Å². The number of piperidine rings is 1. The van der Waals surface area contributed by atoms with Crippen molar-refractivity contribution in [3.05, 3.63) is 117 Å². The average molecular weight is 1060 g/mol. The van der Waals surface area contributed by atoms with Crippen molar-refractivity contribution in [3.63, 3.8) is 0 Å². The number of nitrogens with two attached hydrogens (primary N) is 1. The second-order valence-electron chi connectivity index (χ2n) is 20.4. The van der Waals surface area contributed by atoms with Crippen LogP contribution in [0, 0.1) is 35.1 Å². The van der Waals surface area contributed by atoms with E-state index in [0.717, 1.165) is 37.9 Å². The second kappa shape index (κ2) is 21.1. The lowest BCUT2D eigenvalue weighted by Crippen LogP contribution is -2.49. The van der Waals surface area contributed by atoms with Gasteiger partial charge in [-0.05, 0) is 106 Å². The van der Waals surface area contributed by atoms with Gasteiger partial charge in [0, 0.05) is 85.8 Å². The highest BCUT2D eigenvalue weighted by molar-refractivity contribution is 6.34. The number of hydrogen-bond donors (Lipinski definition) is 3. The maximum absolute atomic E-state index is 16.4. The van der Waals surface area contributed by atoms with Crippen molar-refractivity contribution in [3.8, 4) is 22.6 Å². The number of benzene rings is 4. The van der Waals surface area contributed by atoms with E-state index in [1.807, 2.05) is 48.2 Å². The molecule has 3 atom stereocenters. The summed E-state index contributed by atoms with van der Waals surface area (Å²) < 4.78 is 90.7. The summed E-state index contributed by atoms with van der Waals surface area (Å²) in [7, 11) is 1.55. The highest BCUT2D eigenvalue weighted by atomic mass is 35.5. The zero-order valence-corrected chi connectivity index (χ0v) is 42.3. The first kappa shape index (κ1) is 51.7. The fourth-order valence-corrected chi connectivity index (χ4v) is 12.4. The molecule has 5 heterocycles. The maximum Gasteiger partial charge on any atom is 0.329 e. The Morgan fingerprint density at radius 3 is 2.39 bits per heavy atom. The van der Waals surface area contributed by atoms with Crippen LogP contribution < -0.4 is 30.7 Å². The summed E-state index contributed by atoms with van der Waals surface area (Å²) in [6, 6.07) is 13.4. The van der Waals surface area contributed by atoms with Crippen molar-refractivity contribution < 1.29 is 50.6 Å². The van der Waals surface area contributed by atoms with Crippen LogP contribution in [0.4, 0.5) is 32.6 Å². The van der Waals surface area contributed by atoms with Crippen LogP contribution in [0.5, 0.6) is 11.5 Å². The van der Waals surface area contributed by atoms with Crippen LogP contribution >= 0.6 is 11.6 Å². The van der Waals surface area contributed by atoms with E-state index >= 15 is 17.6 Å². The monoisotopic (exact) mass is 1060 g/mol. The number of likely N-dealkylation sites (tertiary alicyclic amines) is 2. The second-order valence-corrected chi connectivity index (χ2v) is 20.8. The van der Waals surface area contributed by atoms with Gasteiger partial charge < -0.3 is 30.3 Å². The zero-order valence-electron chi connectivity index (χ0n) is 41.6. The Labute approximate surface area is 435 Å². The first-order valence-electron chi connectivity index (χ1n) is 25.6. The normalized spacial score (nSPS) is 23.5. The Kier molecular flexibility index (Phi) is 14.6. The number of fused-ring (bicyclic) bond motifs is 2. The summed E-state index contributed by atoms with van der Waals surface area (Å²) in [4.78, 5) is 56.5. The molecule has 3 saturated heterocycles. The molecule has 0 radical (unpaired) electrons. The topological polar surface area (TPSA) is 164 Å². The number of carbonyl (C=O) groups excluding carboxylic acids is 4. The van der Waals surface area contributed by atoms with E-state index in [4.69, 9.17) is 26.8 Å². The Morgan fingerprint density at radius 1 is 0.933 bits per heavy atom. The predicted octanol–water partition coefficient (Wildman–Crippen LogP) is 9.13. The summed E-state index contributed by atoms with van der Waals surface area (Å²) in [5.41, 5.74) is 4.85. The van der Waals surface area contributed by atoms with Gasteiger partial charge in [0.2, 0.25) is 17.7 Å². The van der Waals surface area contributed by atoms with Crippen LogP contribution in [0.15, 0.2) is 66.9 Å². The number of rotatable bonds is 14. The fourth-order valence-electron chi connectivity index (χ4n) is 12.1. The number of halogens is 6. The van der Waals surface area contributed by atoms with Gasteiger partial charge in [-0.3, -0.25) is 29.3 Å². The highest BCUT2D eigenvalue weighted by Crippen LogP contribution is 2.57. The number of carbonyl (C=O) groups is 4. The molecule has 0 spiro atoms. The zero-order chi connectivity index (χ0) is 52.9. The van der Waals surface area contributed by atoms with Crippen molar-refractivity contribution in [2.75, 3.05) is 57.4 Å². The van der Waals surface area contributed by atoms with Gasteiger partial charge in [-0.1, -0.05) is 48.9 Å². The summed E-state index contributed by atoms with van der Waals surface area (Å²) in [6.45, 7) is 3.95. The molecule has 1 aliphatic carbocycles. The van der Waals surface area contributed by atoms with E-state index in [0.29, 0.717) is 63.0 Å². The molecule has 20 heteroatoms. The van der Waals surface area contributed by atoms with Gasteiger partial charge in [-0.2, -0.15) is 5.10 Å². The quantitative estimate of drug-likeness (QED) is 0.0921. The van der Waals surface area contributed by atoms with Gasteiger partial charge in [0.15, 0.2) is 28.8 Å². The number of nitrogens with zero attached hydrogens (tertiary/aromatic N) is 5. The van der Waals surface area contributed by atoms with E-state index < -0.39 is 70.9 Å². The van der Waals surface area contributed by atoms with E-state index in [-0.39, 0.29) is 93.1 Å². The molecule has 1 aromatic heterocycles. The molecule has 4 aliphatic heterocycles. The molecule has 1 saturated carbocycles. The van der Waals surface area contributed by atoms with Gasteiger partial charge in [-0.25, -0.2) is 26.7 Å². The number of aromatic nitrogens is 2. The predicted molar refractivity (Wildman–Crippen MR) is 271 cm³/mol. The Bertz CT molecular complexity index is 3090. The Balaban J connectivity index is 0.753. The molecule has 396 valence electrons. The van der Waals surface area contributed by atoms with Gasteiger partial charge >= 0.3 is 6.03 Å². The number of primary amides is 1.